The highest BCUT2D eigenvalue weighted by Gasteiger charge is 2.28. The van der Waals surface area contributed by atoms with Crippen molar-refractivity contribution < 1.29 is 13.2 Å². The van der Waals surface area contributed by atoms with E-state index in [0.717, 1.165) is 24.0 Å². The molecule has 0 unspecified atom stereocenters. The van der Waals surface area contributed by atoms with Crippen LogP contribution in [0.4, 0.5) is 5.69 Å². The number of carbonyl (C=O) groups is 1. The fraction of sp³-hybridized carbons (Fsp3) is 0.240. The van der Waals surface area contributed by atoms with E-state index in [1.165, 1.54) is 0 Å². The second kappa shape index (κ2) is 9.04. The Hall–Kier alpha value is -2.96. The Morgan fingerprint density at radius 2 is 1.55 bits per heavy atom. The molecular weight excluding hydrogens is 408 g/mol. The maximum absolute atomic E-state index is 12.9. The largest absolute Gasteiger partial charge is 0.322 e. The SMILES string of the molecule is C[C@H]1CCCN(S(=O)(=O)c2ccc(NC(=O)c3ccc(-c4ccccc4)cc3)cc2)C1. The summed E-state index contributed by atoms with van der Waals surface area (Å²) in [6, 6.07) is 23.8. The van der Waals surface area contributed by atoms with Gasteiger partial charge >= 0.3 is 0 Å². The van der Waals surface area contributed by atoms with Crippen molar-refractivity contribution in [3.8, 4) is 11.1 Å². The number of hydrogen-bond donors (Lipinski definition) is 1. The van der Waals surface area contributed by atoms with E-state index < -0.39 is 10.0 Å². The van der Waals surface area contributed by atoms with Gasteiger partial charge in [-0.1, -0.05) is 49.4 Å². The van der Waals surface area contributed by atoms with Crippen molar-refractivity contribution >= 4 is 21.6 Å². The standard InChI is InChI=1S/C25H26N2O3S/c1-19-6-5-17-27(18-19)31(29,30)24-15-13-23(14-16-24)26-25(28)22-11-9-21(10-12-22)20-7-3-2-4-8-20/h2-4,7-16,19H,5-6,17-18H2,1H3,(H,26,28)/t19-/m0/s1. The van der Waals surface area contributed by atoms with Crippen molar-refractivity contribution in [2.75, 3.05) is 18.4 Å². The van der Waals surface area contributed by atoms with Crippen LogP contribution in [0.1, 0.15) is 30.1 Å². The van der Waals surface area contributed by atoms with Crippen molar-refractivity contribution in [1.82, 2.24) is 4.31 Å². The molecule has 3 aromatic carbocycles. The Kier molecular flexibility index (Phi) is 6.20. The molecular formula is C25H26N2O3S. The average molecular weight is 435 g/mol. The first-order valence-electron chi connectivity index (χ1n) is 10.5. The van der Waals surface area contributed by atoms with Crippen molar-refractivity contribution in [2.24, 2.45) is 5.92 Å². The Bertz CT molecular complexity index is 1140. The third kappa shape index (κ3) is 4.86. The molecule has 0 bridgehead atoms. The van der Waals surface area contributed by atoms with Gasteiger partial charge in [-0.05, 0) is 66.3 Å². The summed E-state index contributed by atoms with van der Waals surface area (Å²) in [6.45, 7) is 3.19. The fourth-order valence-electron chi connectivity index (χ4n) is 3.87. The van der Waals surface area contributed by atoms with Crippen LogP contribution >= 0.6 is 0 Å². The van der Waals surface area contributed by atoms with Gasteiger partial charge in [-0.15, -0.1) is 0 Å². The normalized spacial score (nSPS) is 17.3. The third-order valence-electron chi connectivity index (χ3n) is 5.62. The summed E-state index contributed by atoms with van der Waals surface area (Å²) in [5, 5.41) is 2.84. The minimum Gasteiger partial charge on any atom is -0.322 e. The monoisotopic (exact) mass is 434 g/mol. The second-order valence-electron chi connectivity index (χ2n) is 8.03. The molecule has 0 spiro atoms. The molecule has 0 aromatic heterocycles. The Morgan fingerprint density at radius 1 is 0.903 bits per heavy atom. The van der Waals surface area contributed by atoms with Gasteiger partial charge in [0.15, 0.2) is 0 Å². The molecule has 3 aromatic rings. The van der Waals surface area contributed by atoms with Crippen LogP contribution in [0.3, 0.4) is 0 Å². The highest BCUT2D eigenvalue weighted by molar-refractivity contribution is 7.89. The van der Waals surface area contributed by atoms with Gasteiger partial charge in [0.25, 0.3) is 5.91 Å². The molecule has 6 heteroatoms. The van der Waals surface area contributed by atoms with E-state index in [9.17, 15) is 13.2 Å². The molecule has 4 rings (SSSR count). The van der Waals surface area contributed by atoms with Crippen molar-refractivity contribution in [1.29, 1.82) is 0 Å². The predicted molar refractivity (Wildman–Crippen MR) is 123 cm³/mol. The topological polar surface area (TPSA) is 66.5 Å². The minimum atomic E-state index is -3.50. The number of amides is 1. The molecule has 1 aliphatic heterocycles. The molecule has 1 N–H and O–H groups in total. The Balaban J connectivity index is 1.43. The molecule has 1 fully saturated rings. The highest BCUT2D eigenvalue weighted by Crippen LogP contribution is 2.25. The zero-order valence-electron chi connectivity index (χ0n) is 17.5. The molecule has 1 aliphatic rings. The first-order chi connectivity index (χ1) is 14.9. The summed E-state index contributed by atoms with van der Waals surface area (Å²) in [5.41, 5.74) is 3.23. The molecule has 31 heavy (non-hydrogen) atoms. The van der Waals surface area contributed by atoms with E-state index >= 15 is 0 Å². The first kappa shape index (κ1) is 21.3. The van der Waals surface area contributed by atoms with Crippen LogP contribution in [0.25, 0.3) is 11.1 Å². The number of nitrogens with one attached hydrogen (secondary N) is 1. The average Bonchev–Trinajstić information content (AvgIpc) is 2.80. The van der Waals surface area contributed by atoms with Gasteiger partial charge in [-0.2, -0.15) is 4.31 Å². The first-order valence-corrected chi connectivity index (χ1v) is 11.9. The molecule has 1 saturated heterocycles. The summed E-state index contributed by atoms with van der Waals surface area (Å²) in [5.74, 6) is 0.135. The lowest BCUT2D eigenvalue weighted by Crippen LogP contribution is -2.39. The summed E-state index contributed by atoms with van der Waals surface area (Å²) < 4.78 is 27.3. The van der Waals surface area contributed by atoms with Crippen LogP contribution in [-0.2, 0) is 10.0 Å². The van der Waals surface area contributed by atoms with Crippen molar-refractivity contribution in [2.45, 2.75) is 24.7 Å². The van der Waals surface area contributed by atoms with Gasteiger partial charge in [0.05, 0.1) is 4.90 Å². The molecule has 1 atom stereocenters. The second-order valence-corrected chi connectivity index (χ2v) is 9.97. The quantitative estimate of drug-likeness (QED) is 0.613. The van der Waals surface area contributed by atoms with Gasteiger partial charge < -0.3 is 5.32 Å². The molecule has 1 amide bonds. The number of rotatable bonds is 5. The molecule has 1 heterocycles. The Labute approximate surface area is 183 Å². The van der Waals surface area contributed by atoms with E-state index in [2.05, 4.69) is 12.2 Å². The zero-order chi connectivity index (χ0) is 21.8. The van der Waals surface area contributed by atoms with Crippen molar-refractivity contribution in [3.63, 3.8) is 0 Å². The molecule has 0 saturated carbocycles. The lowest BCUT2D eigenvalue weighted by Gasteiger charge is -2.30. The van der Waals surface area contributed by atoms with E-state index in [1.807, 2.05) is 42.5 Å². The summed E-state index contributed by atoms with van der Waals surface area (Å²) >= 11 is 0. The third-order valence-corrected chi connectivity index (χ3v) is 7.50. The predicted octanol–water partition coefficient (Wildman–Crippen LogP) is 5.03. The van der Waals surface area contributed by atoms with Gasteiger partial charge in [-0.25, -0.2) is 8.42 Å². The van der Waals surface area contributed by atoms with Crippen LogP contribution in [0.5, 0.6) is 0 Å². The van der Waals surface area contributed by atoms with Crippen LogP contribution in [-0.4, -0.2) is 31.7 Å². The van der Waals surface area contributed by atoms with Crippen molar-refractivity contribution in [3.05, 3.63) is 84.4 Å². The number of carbonyl (C=O) groups excluding carboxylic acids is 1. The summed E-state index contributed by atoms with van der Waals surface area (Å²) in [7, 11) is -3.50. The number of hydrogen-bond acceptors (Lipinski definition) is 3. The van der Waals surface area contributed by atoms with E-state index in [1.54, 1.807) is 40.7 Å². The van der Waals surface area contributed by atoms with E-state index in [0.29, 0.717) is 30.3 Å². The Morgan fingerprint density at radius 3 is 2.19 bits per heavy atom. The number of anilines is 1. The summed E-state index contributed by atoms with van der Waals surface area (Å²) in [4.78, 5) is 12.8. The van der Waals surface area contributed by atoms with E-state index in [-0.39, 0.29) is 10.8 Å². The number of piperidine rings is 1. The molecule has 0 radical (unpaired) electrons. The van der Waals surface area contributed by atoms with Crippen LogP contribution in [0.2, 0.25) is 0 Å². The molecule has 160 valence electrons. The maximum atomic E-state index is 12.9. The minimum absolute atomic E-state index is 0.236. The lowest BCUT2D eigenvalue weighted by atomic mass is 10.0. The highest BCUT2D eigenvalue weighted by atomic mass is 32.2. The van der Waals surface area contributed by atoms with Gasteiger partial charge in [0.2, 0.25) is 10.0 Å². The van der Waals surface area contributed by atoms with Gasteiger partial charge in [-0.3, -0.25) is 4.79 Å². The summed E-state index contributed by atoms with van der Waals surface area (Å²) in [6.07, 6.45) is 1.95. The molecule has 5 nitrogen and oxygen atoms in total. The smallest absolute Gasteiger partial charge is 0.255 e. The van der Waals surface area contributed by atoms with Gasteiger partial charge in [0.1, 0.15) is 0 Å². The zero-order valence-corrected chi connectivity index (χ0v) is 18.3. The van der Waals surface area contributed by atoms with Crippen LogP contribution < -0.4 is 5.32 Å². The lowest BCUT2D eigenvalue weighted by molar-refractivity contribution is 0.102. The maximum Gasteiger partial charge on any atom is 0.255 e. The van der Waals surface area contributed by atoms with E-state index in [4.69, 9.17) is 0 Å². The number of nitrogens with zero attached hydrogens (tertiary/aromatic N) is 1. The number of sulfonamides is 1. The molecule has 0 aliphatic carbocycles. The van der Waals surface area contributed by atoms with Crippen LogP contribution in [0, 0.1) is 5.92 Å². The fourth-order valence-corrected chi connectivity index (χ4v) is 5.47. The van der Waals surface area contributed by atoms with Gasteiger partial charge in [0, 0.05) is 24.3 Å². The number of benzene rings is 3. The van der Waals surface area contributed by atoms with Crippen LogP contribution in [0.15, 0.2) is 83.8 Å².